The number of nitriles is 1. The molecular weight excluding hydrogens is 334 g/mol. The van der Waals surface area contributed by atoms with Gasteiger partial charge in [-0.2, -0.15) is 10.4 Å². The molecule has 4 heterocycles. The van der Waals surface area contributed by atoms with E-state index >= 15 is 0 Å². The number of aromatic nitrogens is 5. The minimum Gasteiger partial charge on any atom is -0.346 e. The van der Waals surface area contributed by atoms with Gasteiger partial charge in [0.05, 0.1) is 23.9 Å². The molecule has 0 bridgehead atoms. The Morgan fingerprint density at radius 1 is 1.44 bits per heavy atom. The highest BCUT2D eigenvalue weighted by atomic mass is 32.2. The maximum atomic E-state index is 9.51. The quantitative estimate of drug-likeness (QED) is 0.710. The van der Waals surface area contributed by atoms with Crippen LogP contribution in [0, 0.1) is 17.2 Å². The van der Waals surface area contributed by atoms with Crippen LogP contribution < -0.4 is 0 Å². The zero-order valence-electron chi connectivity index (χ0n) is 14.2. The maximum absolute atomic E-state index is 9.51. The molecule has 7 nitrogen and oxygen atoms in total. The molecule has 1 saturated heterocycles. The molecule has 1 atom stereocenters. The average Bonchev–Trinajstić information content (AvgIpc) is 3.25. The number of nitrogens with one attached hydrogen (secondary N) is 1. The molecule has 0 aromatic carbocycles. The third kappa shape index (κ3) is 2.51. The molecule has 25 heavy (non-hydrogen) atoms. The van der Waals surface area contributed by atoms with E-state index in [4.69, 9.17) is 0 Å². The summed E-state index contributed by atoms with van der Waals surface area (Å²) in [7, 11) is 0. The molecule has 128 valence electrons. The highest BCUT2D eigenvalue weighted by Gasteiger charge is 2.50. The van der Waals surface area contributed by atoms with Crippen molar-refractivity contribution in [2.45, 2.75) is 19.4 Å². The van der Waals surface area contributed by atoms with E-state index in [0.717, 1.165) is 41.1 Å². The van der Waals surface area contributed by atoms with Gasteiger partial charge < -0.3 is 4.98 Å². The topological polar surface area (TPSA) is 86.4 Å². The van der Waals surface area contributed by atoms with Crippen molar-refractivity contribution in [2.75, 3.05) is 18.8 Å². The lowest BCUT2D eigenvalue weighted by Crippen LogP contribution is -2.63. The minimum absolute atomic E-state index is 0.119. The van der Waals surface area contributed by atoms with Crippen LogP contribution in [-0.2, 0) is 5.54 Å². The lowest BCUT2D eigenvalue weighted by atomic mass is 9.80. The van der Waals surface area contributed by atoms with Gasteiger partial charge in [0.1, 0.15) is 17.5 Å². The molecule has 0 aliphatic carbocycles. The van der Waals surface area contributed by atoms with Gasteiger partial charge in [0.25, 0.3) is 0 Å². The fourth-order valence-corrected chi connectivity index (χ4v) is 4.36. The predicted molar refractivity (Wildman–Crippen MR) is 97.6 cm³/mol. The van der Waals surface area contributed by atoms with Crippen molar-refractivity contribution >= 4 is 23.0 Å². The summed E-state index contributed by atoms with van der Waals surface area (Å²) in [6.07, 6.45) is 7.26. The first kappa shape index (κ1) is 16.1. The standard InChI is InChI=1S/C17H19N7S/c1-3-25-23-9-17(10-23,12(2)6-18)24-8-13(7-22-24)15-14-4-5-19-16(14)21-11-20-15/h4-5,7-8,11-12H,3,9-10H2,1-2H3,(H,19,20,21)/t12-/m0/s1. The molecule has 1 N–H and O–H groups in total. The summed E-state index contributed by atoms with van der Waals surface area (Å²) in [6.45, 7) is 5.77. The minimum atomic E-state index is -0.278. The number of nitrogens with zero attached hydrogens (tertiary/aromatic N) is 6. The average molecular weight is 353 g/mol. The van der Waals surface area contributed by atoms with E-state index in [-0.39, 0.29) is 11.5 Å². The lowest BCUT2D eigenvalue weighted by molar-refractivity contribution is 0.0433. The largest absolute Gasteiger partial charge is 0.346 e. The first-order valence-corrected chi connectivity index (χ1v) is 9.23. The van der Waals surface area contributed by atoms with Gasteiger partial charge in [-0.15, -0.1) is 0 Å². The van der Waals surface area contributed by atoms with E-state index in [9.17, 15) is 5.26 Å². The SMILES string of the molecule is CCSN1CC([C@@H](C)C#N)(n2cc(-c3ncnc4[nH]ccc34)cn2)C1. The van der Waals surface area contributed by atoms with E-state index < -0.39 is 0 Å². The van der Waals surface area contributed by atoms with Crippen LogP contribution in [0.5, 0.6) is 0 Å². The monoisotopic (exact) mass is 353 g/mol. The van der Waals surface area contributed by atoms with Gasteiger partial charge in [0.15, 0.2) is 0 Å². The Hall–Kier alpha value is -2.37. The molecule has 3 aromatic heterocycles. The summed E-state index contributed by atoms with van der Waals surface area (Å²) in [5.41, 5.74) is 2.33. The van der Waals surface area contributed by atoms with E-state index in [1.165, 1.54) is 0 Å². The Morgan fingerprint density at radius 3 is 3.04 bits per heavy atom. The van der Waals surface area contributed by atoms with E-state index in [2.05, 4.69) is 37.3 Å². The van der Waals surface area contributed by atoms with Gasteiger partial charge in [-0.3, -0.25) is 4.68 Å². The molecule has 0 unspecified atom stereocenters. The first-order valence-electron chi connectivity index (χ1n) is 8.29. The maximum Gasteiger partial charge on any atom is 0.141 e. The predicted octanol–water partition coefficient (Wildman–Crippen LogP) is 2.66. The third-order valence-electron chi connectivity index (χ3n) is 4.88. The zero-order valence-corrected chi connectivity index (χ0v) is 15.0. The highest BCUT2D eigenvalue weighted by Crippen LogP contribution is 2.40. The summed E-state index contributed by atoms with van der Waals surface area (Å²) in [4.78, 5) is 11.8. The smallest absolute Gasteiger partial charge is 0.141 e. The van der Waals surface area contributed by atoms with E-state index in [1.54, 1.807) is 6.33 Å². The second kappa shape index (κ2) is 6.17. The Bertz CT molecular complexity index is 932. The number of hydrogen-bond donors (Lipinski definition) is 1. The van der Waals surface area contributed by atoms with Gasteiger partial charge in [-0.05, 0) is 13.0 Å². The molecule has 1 aliphatic heterocycles. The third-order valence-corrected chi connectivity index (χ3v) is 5.76. The second-order valence-electron chi connectivity index (χ2n) is 6.31. The highest BCUT2D eigenvalue weighted by molar-refractivity contribution is 7.97. The number of rotatable bonds is 5. The summed E-state index contributed by atoms with van der Waals surface area (Å²) in [5.74, 6) is 0.917. The molecule has 1 aliphatic rings. The van der Waals surface area contributed by atoms with Crippen LogP contribution in [0.4, 0.5) is 0 Å². The van der Waals surface area contributed by atoms with Crippen molar-refractivity contribution in [1.29, 1.82) is 5.26 Å². The van der Waals surface area contributed by atoms with Crippen molar-refractivity contribution in [3.63, 3.8) is 0 Å². The molecule has 0 amide bonds. The summed E-state index contributed by atoms with van der Waals surface area (Å²) >= 11 is 1.81. The number of aromatic amines is 1. The van der Waals surface area contributed by atoms with E-state index in [1.807, 2.05) is 48.2 Å². The molecule has 0 saturated carbocycles. The number of H-pyrrole nitrogens is 1. The Labute approximate surface area is 150 Å². The van der Waals surface area contributed by atoms with Gasteiger partial charge in [-0.25, -0.2) is 14.3 Å². The molecule has 4 rings (SSSR count). The van der Waals surface area contributed by atoms with Crippen LogP contribution in [0.15, 0.2) is 31.0 Å². The van der Waals surface area contributed by atoms with Crippen LogP contribution in [0.25, 0.3) is 22.3 Å². The number of hydrogen-bond acceptors (Lipinski definition) is 6. The molecule has 3 aromatic rings. The van der Waals surface area contributed by atoms with Crippen LogP contribution in [0.2, 0.25) is 0 Å². The van der Waals surface area contributed by atoms with E-state index in [0.29, 0.717) is 0 Å². The summed E-state index contributed by atoms with van der Waals surface area (Å²) < 4.78 is 4.26. The van der Waals surface area contributed by atoms with Gasteiger partial charge in [0.2, 0.25) is 0 Å². The molecule has 1 fully saturated rings. The first-order chi connectivity index (χ1) is 12.2. The van der Waals surface area contributed by atoms with Crippen molar-refractivity contribution in [3.8, 4) is 17.3 Å². The van der Waals surface area contributed by atoms with Crippen LogP contribution in [0.1, 0.15) is 13.8 Å². The fourth-order valence-electron chi connectivity index (χ4n) is 3.37. The summed E-state index contributed by atoms with van der Waals surface area (Å²) in [5, 5.41) is 15.1. The second-order valence-corrected chi connectivity index (χ2v) is 7.66. The van der Waals surface area contributed by atoms with Gasteiger partial charge >= 0.3 is 0 Å². The Kier molecular flexibility index (Phi) is 3.98. The Balaban J connectivity index is 1.70. The van der Waals surface area contributed by atoms with Crippen LogP contribution >= 0.6 is 11.9 Å². The van der Waals surface area contributed by atoms with Crippen molar-refractivity contribution in [2.24, 2.45) is 5.92 Å². The van der Waals surface area contributed by atoms with Gasteiger partial charge in [-0.1, -0.05) is 18.9 Å². The Morgan fingerprint density at radius 2 is 2.28 bits per heavy atom. The van der Waals surface area contributed by atoms with Crippen molar-refractivity contribution in [1.82, 2.24) is 29.0 Å². The van der Waals surface area contributed by atoms with Crippen molar-refractivity contribution in [3.05, 3.63) is 31.0 Å². The fraction of sp³-hybridized carbons (Fsp3) is 0.412. The van der Waals surface area contributed by atoms with Crippen LogP contribution in [-0.4, -0.2) is 47.9 Å². The summed E-state index contributed by atoms with van der Waals surface area (Å²) in [6, 6.07) is 4.39. The zero-order chi connectivity index (χ0) is 17.4. The molecule has 0 spiro atoms. The lowest BCUT2D eigenvalue weighted by Gasteiger charge is -2.50. The number of fused-ring (bicyclic) bond motifs is 1. The van der Waals surface area contributed by atoms with Gasteiger partial charge in [0, 0.05) is 42.2 Å². The van der Waals surface area contributed by atoms with Crippen molar-refractivity contribution < 1.29 is 0 Å². The molecule has 8 heteroatoms. The molecule has 0 radical (unpaired) electrons. The normalized spacial score (nSPS) is 18.0. The molecular formula is C17H19N7S. The van der Waals surface area contributed by atoms with Crippen LogP contribution in [0.3, 0.4) is 0 Å².